The predicted molar refractivity (Wildman–Crippen MR) is 109 cm³/mol. The summed E-state index contributed by atoms with van der Waals surface area (Å²) in [6.45, 7) is 2.09. The van der Waals surface area contributed by atoms with Crippen LogP contribution in [0.4, 0.5) is 18.0 Å². The molecule has 1 spiro atoms. The van der Waals surface area contributed by atoms with E-state index in [9.17, 15) is 27.6 Å². The van der Waals surface area contributed by atoms with Crippen LogP contribution in [-0.4, -0.2) is 33.4 Å². The van der Waals surface area contributed by atoms with E-state index in [4.69, 9.17) is 4.74 Å². The van der Waals surface area contributed by atoms with Crippen molar-refractivity contribution >= 4 is 17.8 Å². The molecule has 1 aromatic carbocycles. The number of hydrogen-bond donors (Lipinski definition) is 2. The van der Waals surface area contributed by atoms with Gasteiger partial charge in [0.2, 0.25) is 5.88 Å². The summed E-state index contributed by atoms with van der Waals surface area (Å²) >= 11 is 0. The van der Waals surface area contributed by atoms with E-state index in [0.29, 0.717) is 25.0 Å². The molecule has 2 aliphatic rings. The topological polar surface area (TPSA) is 101 Å². The van der Waals surface area contributed by atoms with E-state index in [-0.39, 0.29) is 17.2 Å². The number of hydrazine groups is 1. The van der Waals surface area contributed by atoms with Crippen LogP contribution in [0.1, 0.15) is 48.5 Å². The van der Waals surface area contributed by atoms with Gasteiger partial charge in [-0.2, -0.15) is 18.2 Å². The van der Waals surface area contributed by atoms with Crippen molar-refractivity contribution in [2.75, 3.05) is 0 Å². The first kappa shape index (κ1) is 22.6. The minimum Gasteiger partial charge on any atom is -0.439 e. The highest BCUT2D eigenvalue weighted by atomic mass is 19.4. The number of aromatic nitrogens is 1. The Labute approximate surface area is 187 Å². The first-order chi connectivity index (χ1) is 15.6. The SMILES string of the molecule is CC1CCC2(CC1)NC(=O)N(NC(=O)c1ccc(Oc3ccc(C(F)(F)F)cn3)cc1)C2=O. The lowest BCUT2D eigenvalue weighted by Gasteiger charge is -2.33. The second-order valence-electron chi connectivity index (χ2n) is 8.29. The zero-order chi connectivity index (χ0) is 23.8. The van der Waals surface area contributed by atoms with Crippen LogP contribution in [0.3, 0.4) is 0 Å². The highest BCUT2D eigenvalue weighted by molar-refractivity contribution is 6.09. The molecule has 1 saturated carbocycles. The number of carbonyl (C=O) groups excluding carboxylic acids is 3. The lowest BCUT2D eigenvalue weighted by molar-refractivity contribution is -0.138. The Morgan fingerprint density at radius 3 is 2.39 bits per heavy atom. The molecule has 33 heavy (non-hydrogen) atoms. The number of alkyl halides is 3. The third-order valence-electron chi connectivity index (χ3n) is 5.91. The van der Waals surface area contributed by atoms with Gasteiger partial charge in [-0.3, -0.25) is 15.0 Å². The summed E-state index contributed by atoms with van der Waals surface area (Å²) in [7, 11) is 0. The Morgan fingerprint density at radius 1 is 1.15 bits per heavy atom. The molecule has 0 atom stereocenters. The summed E-state index contributed by atoms with van der Waals surface area (Å²) in [5, 5.41) is 3.44. The van der Waals surface area contributed by atoms with Crippen LogP contribution >= 0.6 is 0 Å². The van der Waals surface area contributed by atoms with Crippen LogP contribution in [0.5, 0.6) is 11.6 Å². The molecule has 1 aliphatic carbocycles. The van der Waals surface area contributed by atoms with Gasteiger partial charge in [0, 0.05) is 17.8 Å². The molecule has 2 heterocycles. The van der Waals surface area contributed by atoms with Gasteiger partial charge >= 0.3 is 12.2 Å². The van der Waals surface area contributed by atoms with E-state index in [1.54, 1.807) is 0 Å². The van der Waals surface area contributed by atoms with E-state index in [2.05, 4.69) is 22.7 Å². The van der Waals surface area contributed by atoms with Gasteiger partial charge in [0.25, 0.3) is 11.8 Å². The van der Waals surface area contributed by atoms with Crippen molar-refractivity contribution in [3.63, 3.8) is 0 Å². The molecule has 2 aromatic rings. The Hall–Kier alpha value is -3.63. The molecule has 1 aromatic heterocycles. The van der Waals surface area contributed by atoms with Crippen molar-refractivity contribution in [2.24, 2.45) is 5.92 Å². The average molecular weight is 462 g/mol. The first-order valence-corrected chi connectivity index (χ1v) is 10.4. The Morgan fingerprint density at radius 2 is 1.82 bits per heavy atom. The summed E-state index contributed by atoms with van der Waals surface area (Å²) in [6.07, 6.45) is -1.17. The molecular formula is C22H21F3N4O4. The molecule has 0 bridgehead atoms. The van der Waals surface area contributed by atoms with Gasteiger partial charge in [0.1, 0.15) is 11.3 Å². The highest BCUT2D eigenvalue weighted by Gasteiger charge is 2.52. The third kappa shape index (κ3) is 4.62. The van der Waals surface area contributed by atoms with Crippen LogP contribution in [0.25, 0.3) is 0 Å². The van der Waals surface area contributed by atoms with Gasteiger partial charge in [-0.1, -0.05) is 6.92 Å². The number of halogens is 3. The minimum absolute atomic E-state index is 0.0494. The van der Waals surface area contributed by atoms with Crippen molar-refractivity contribution in [2.45, 2.75) is 44.3 Å². The van der Waals surface area contributed by atoms with E-state index >= 15 is 0 Å². The number of urea groups is 1. The monoisotopic (exact) mass is 462 g/mol. The number of nitrogens with one attached hydrogen (secondary N) is 2. The Balaban J connectivity index is 1.38. The summed E-state index contributed by atoms with van der Waals surface area (Å²) in [5.74, 6) is -0.474. The lowest BCUT2D eigenvalue weighted by atomic mass is 9.77. The fourth-order valence-electron chi connectivity index (χ4n) is 3.89. The van der Waals surface area contributed by atoms with Gasteiger partial charge in [0.05, 0.1) is 5.56 Å². The number of rotatable bonds is 4. The molecule has 1 aliphatic heterocycles. The number of hydrogen-bond acceptors (Lipinski definition) is 5. The van der Waals surface area contributed by atoms with Crippen molar-refractivity contribution in [3.8, 4) is 11.6 Å². The molecule has 11 heteroatoms. The molecule has 1 saturated heterocycles. The number of carbonyl (C=O) groups is 3. The smallest absolute Gasteiger partial charge is 0.417 e. The van der Waals surface area contributed by atoms with Gasteiger partial charge < -0.3 is 10.1 Å². The van der Waals surface area contributed by atoms with Gasteiger partial charge in [0.15, 0.2) is 0 Å². The van der Waals surface area contributed by atoms with Crippen LogP contribution < -0.4 is 15.5 Å². The molecule has 4 rings (SSSR count). The number of pyridine rings is 1. The number of nitrogens with zero attached hydrogens (tertiary/aromatic N) is 2. The second-order valence-corrected chi connectivity index (χ2v) is 8.29. The molecule has 2 N–H and O–H groups in total. The molecule has 0 unspecified atom stereocenters. The molecular weight excluding hydrogens is 441 g/mol. The van der Waals surface area contributed by atoms with Crippen molar-refractivity contribution in [1.29, 1.82) is 0 Å². The second kappa shape index (κ2) is 8.38. The maximum absolute atomic E-state index is 12.8. The van der Waals surface area contributed by atoms with E-state index in [0.717, 1.165) is 30.0 Å². The van der Waals surface area contributed by atoms with Gasteiger partial charge in [-0.25, -0.2) is 9.78 Å². The van der Waals surface area contributed by atoms with Crippen LogP contribution in [0.2, 0.25) is 0 Å². The third-order valence-corrected chi connectivity index (χ3v) is 5.91. The van der Waals surface area contributed by atoms with Crippen LogP contribution in [0, 0.1) is 5.92 Å². The van der Waals surface area contributed by atoms with E-state index in [1.165, 1.54) is 24.3 Å². The first-order valence-electron chi connectivity index (χ1n) is 10.4. The molecule has 0 radical (unpaired) electrons. The maximum atomic E-state index is 12.8. The molecule has 4 amide bonds. The van der Waals surface area contributed by atoms with Crippen LogP contribution in [0.15, 0.2) is 42.6 Å². The minimum atomic E-state index is -4.50. The summed E-state index contributed by atoms with van der Waals surface area (Å²) < 4.78 is 43.2. The van der Waals surface area contributed by atoms with E-state index < -0.39 is 35.1 Å². The largest absolute Gasteiger partial charge is 0.439 e. The molecule has 174 valence electrons. The van der Waals surface area contributed by atoms with E-state index in [1.807, 2.05) is 0 Å². The van der Waals surface area contributed by atoms with Crippen LogP contribution in [-0.2, 0) is 11.0 Å². The van der Waals surface area contributed by atoms with Gasteiger partial charge in [-0.15, -0.1) is 0 Å². The summed E-state index contributed by atoms with van der Waals surface area (Å²) in [4.78, 5) is 41.4. The summed E-state index contributed by atoms with van der Waals surface area (Å²) in [5.41, 5.74) is 0.629. The fourth-order valence-corrected chi connectivity index (χ4v) is 3.89. The zero-order valence-corrected chi connectivity index (χ0v) is 17.6. The Kier molecular flexibility index (Phi) is 5.73. The Bertz CT molecular complexity index is 1060. The van der Waals surface area contributed by atoms with Crippen molar-refractivity contribution < 1.29 is 32.3 Å². The highest BCUT2D eigenvalue weighted by Crippen LogP contribution is 2.36. The lowest BCUT2D eigenvalue weighted by Crippen LogP contribution is -2.51. The quantitative estimate of drug-likeness (QED) is 0.668. The molecule has 2 fully saturated rings. The van der Waals surface area contributed by atoms with Gasteiger partial charge in [-0.05, 0) is 61.9 Å². The summed E-state index contributed by atoms with van der Waals surface area (Å²) in [6, 6.07) is 6.90. The van der Waals surface area contributed by atoms with Crippen molar-refractivity contribution in [1.82, 2.24) is 20.7 Å². The normalized spacial score (nSPS) is 22.9. The zero-order valence-electron chi connectivity index (χ0n) is 17.6. The number of ether oxygens (including phenoxy) is 1. The predicted octanol–water partition coefficient (Wildman–Crippen LogP) is 4.04. The fraction of sp³-hybridized carbons (Fsp3) is 0.364. The standard InChI is InChI=1S/C22H21F3N4O4/c1-13-8-10-21(11-9-13)19(31)29(20(32)27-21)28-18(30)14-2-5-16(6-3-14)33-17-7-4-15(12-26-17)22(23,24)25/h2-7,12-13H,8-11H2,1H3,(H,27,32)(H,28,30). The van der Waals surface area contributed by atoms with Crippen molar-refractivity contribution in [3.05, 3.63) is 53.7 Å². The number of amides is 4. The number of benzene rings is 1. The average Bonchev–Trinajstić information content (AvgIpc) is 3.00. The number of imide groups is 1. The molecule has 8 nitrogen and oxygen atoms in total. The maximum Gasteiger partial charge on any atom is 0.417 e.